The van der Waals surface area contributed by atoms with Crippen LogP contribution < -0.4 is 9.47 Å². The molecular weight excluding hydrogens is 642 g/mol. The standard InChI is InChI=1S/C34H34BrN3O7/c35-24-8-14-28(15-9-24)45-17-16-44-27-12-6-23(7-13-27)29-18-26-20-36(33(40)41)21-30(38(26)34(42)43)31(29)32(39)37(25-10-11-25)19-22-4-2-1-3-5-22/h1-9,12-15,25-26,30H,10-11,16-21H2,(H,40,41)(H,42,43)/t26-,30-/m1/s1. The van der Waals surface area contributed by atoms with E-state index in [0.717, 1.165) is 39.8 Å². The molecule has 2 atom stereocenters. The molecule has 2 bridgehead atoms. The summed E-state index contributed by atoms with van der Waals surface area (Å²) in [7, 11) is 0. The molecule has 10 nitrogen and oxygen atoms in total. The zero-order valence-corrected chi connectivity index (χ0v) is 26.1. The lowest BCUT2D eigenvalue weighted by Gasteiger charge is -2.49. The van der Waals surface area contributed by atoms with E-state index >= 15 is 0 Å². The highest BCUT2D eigenvalue weighted by atomic mass is 79.9. The summed E-state index contributed by atoms with van der Waals surface area (Å²) in [6.45, 7) is 1.02. The van der Waals surface area contributed by atoms with Crippen LogP contribution in [0.25, 0.3) is 5.57 Å². The molecule has 0 unspecified atom stereocenters. The maximum absolute atomic E-state index is 14.5. The average Bonchev–Trinajstić information content (AvgIpc) is 3.88. The first-order valence-corrected chi connectivity index (χ1v) is 15.8. The predicted molar refractivity (Wildman–Crippen MR) is 170 cm³/mol. The summed E-state index contributed by atoms with van der Waals surface area (Å²) in [6, 6.07) is 23.2. The molecule has 2 N–H and O–H groups in total. The van der Waals surface area contributed by atoms with Gasteiger partial charge >= 0.3 is 12.2 Å². The summed E-state index contributed by atoms with van der Waals surface area (Å²) in [6.07, 6.45) is -0.321. The van der Waals surface area contributed by atoms with Crippen molar-refractivity contribution >= 4 is 39.6 Å². The number of ether oxygens (including phenoxy) is 2. The van der Waals surface area contributed by atoms with Crippen LogP contribution in [0.1, 0.15) is 30.4 Å². The minimum absolute atomic E-state index is 0.0407. The van der Waals surface area contributed by atoms with E-state index in [1.54, 1.807) is 0 Å². The second-order valence-electron chi connectivity index (χ2n) is 11.5. The van der Waals surface area contributed by atoms with Crippen molar-refractivity contribution < 1.29 is 34.1 Å². The van der Waals surface area contributed by atoms with Gasteiger partial charge in [-0.15, -0.1) is 0 Å². The lowest BCUT2D eigenvalue weighted by atomic mass is 9.81. The third kappa shape index (κ3) is 6.93. The van der Waals surface area contributed by atoms with Crippen molar-refractivity contribution in [2.24, 2.45) is 0 Å². The largest absolute Gasteiger partial charge is 0.490 e. The molecule has 0 aromatic heterocycles. The molecule has 2 heterocycles. The van der Waals surface area contributed by atoms with Crippen LogP contribution in [0.15, 0.2) is 88.9 Å². The van der Waals surface area contributed by atoms with Gasteiger partial charge in [0.15, 0.2) is 0 Å². The second kappa shape index (κ2) is 13.2. The summed E-state index contributed by atoms with van der Waals surface area (Å²) in [4.78, 5) is 43.4. The van der Waals surface area contributed by atoms with Crippen LogP contribution in [0.3, 0.4) is 0 Å². The Labute approximate surface area is 269 Å². The van der Waals surface area contributed by atoms with E-state index in [0.29, 0.717) is 31.1 Å². The van der Waals surface area contributed by atoms with E-state index in [1.165, 1.54) is 9.80 Å². The van der Waals surface area contributed by atoms with E-state index in [9.17, 15) is 24.6 Å². The number of carboxylic acid groups (broad SMARTS) is 2. The number of hydrogen-bond acceptors (Lipinski definition) is 5. The van der Waals surface area contributed by atoms with Gasteiger partial charge in [-0.2, -0.15) is 0 Å². The lowest BCUT2D eigenvalue weighted by molar-refractivity contribution is -0.129. The third-order valence-corrected chi connectivity index (χ3v) is 8.98. The summed E-state index contributed by atoms with van der Waals surface area (Å²) in [5.74, 6) is 1.13. The molecule has 1 saturated carbocycles. The number of piperazine rings is 1. The van der Waals surface area contributed by atoms with E-state index in [-0.39, 0.29) is 31.5 Å². The summed E-state index contributed by atoms with van der Waals surface area (Å²) in [5.41, 5.74) is 2.86. The van der Waals surface area contributed by atoms with Gasteiger partial charge < -0.3 is 29.5 Å². The first-order chi connectivity index (χ1) is 21.8. The fourth-order valence-electron chi connectivity index (χ4n) is 6.19. The second-order valence-corrected chi connectivity index (χ2v) is 12.4. The van der Waals surface area contributed by atoms with Gasteiger partial charge in [0, 0.05) is 35.7 Å². The van der Waals surface area contributed by atoms with Crippen LogP contribution in [-0.4, -0.2) is 87.4 Å². The molecule has 2 aliphatic heterocycles. The number of halogens is 1. The number of fused-ring (bicyclic) bond motifs is 2. The predicted octanol–water partition coefficient (Wildman–Crippen LogP) is 5.97. The number of carbonyl (C=O) groups is 3. The van der Waals surface area contributed by atoms with Gasteiger partial charge in [0.25, 0.3) is 5.91 Å². The van der Waals surface area contributed by atoms with Crippen molar-refractivity contribution in [2.75, 3.05) is 26.3 Å². The number of carbonyl (C=O) groups excluding carboxylic acids is 1. The molecule has 2 fully saturated rings. The molecule has 45 heavy (non-hydrogen) atoms. The Morgan fingerprint density at radius 1 is 0.822 bits per heavy atom. The van der Waals surface area contributed by atoms with Crippen LogP contribution in [0.2, 0.25) is 0 Å². The Morgan fingerprint density at radius 3 is 2.02 bits per heavy atom. The molecule has 3 amide bonds. The van der Waals surface area contributed by atoms with Crippen molar-refractivity contribution in [3.63, 3.8) is 0 Å². The smallest absolute Gasteiger partial charge is 0.408 e. The molecule has 1 saturated heterocycles. The van der Waals surface area contributed by atoms with Gasteiger partial charge in [0.05, 0.1) is 12.1 Å². The van der Waals surface area contributed by atoms with Gasteiger partial charge in [-0.3, -0.25) is 9.69 Å². The zero-order valence-electron chi connectivity index (χ0n) is 24.5. The Balaban J connectivity index is 1.28. The highest BCUT2D eigenvalue weighted by Gasteiger charge is 2.49. The van der Waals surface area contributed by atoms with Crippen molar-refractivity contribution in [3.8, 4) is 11.5 Å². The van der Waals surface area contributed by atoms with Gasteiger partial charge in [-0.1, -0.05) is 58.4 Å². The quantitative estimate of drug-likeness (QED) is 0.254. The summed E-state index contributed by atoms with van der Waals surface area (Å²) < 4.78 is 12.6. The Kier molecular flexibility index (Phi) is 8.97. The van der Waals surface area contributed by atoms with Crippen LogP contribution in [0.4, 0.5) is 9.59 Å². The topological polar surface area (TPSA) is 120 Å². The SMILES string of the molecule is O=C(O)N1C[C@H]2CC(c3ccc(OCCOc4ccc(Br)cc4)cc3)=C(C(=O)N(Cc3ccccc3)C3CC3)[C@@H](C1)N2C(=O)O. The molecule has 3 aliphatic rings. The fraction of sp³-hybridized carbons (Fsp3) is 0.324. The molecule has 0 spiro atoms. The maximum Gasteiger partial charge on any atom is 0.408 e. The van der Waals surface area contributed by atoms with Gasteiger partial charge in [-0.25, -0.2) is 9.59 Å². The number of rotatable bonds is 10. The lowest BCUT2D eigenvalue weighted by Crippen LogP contribution is -2.65. The van der Waals surface area contributed by atoms with Crippen LogP contribution in [0, 0.1) is 0 Å². The van der Waals surface area contributed by atoms with Crippen molar-refractivity contribution in [1.82, 2.24) is 14.7 Å². The Bertz CT molecular complexity index is 1580. The summed E-state index contributed by atoms with van der Waals surface area (Å²) in [5, 5.41) is 20.1. The zero-order chi connectivity index (χ0) is 31.5. The molecule has 1 aliphatic carbocycles. The van der Waals surface area contributed by atoms with Crippen molar-refractivity contribution in [1.29, 1.82) is 0 Å². The first-order valence-electron chi connectivity index (χ1n) is 15.0. The normalized spacial score (nSPS) is 19.2. The molecule has 6 rings (SSSR count). The molecule has 0 radical (unpaired) electrons. The summed E-state index contributed by atoms with van der Waals surface area (Å²) >= 11 is 3.41. The minimum Gasteiger partial charge on any atom is -0.490 e. The third-order valence-electron chi connectivity index (χ3n) is 8.45. The Morgan fingerprint density at radius 2 is 1.44 bits per heavy atom. The van der Waals surface area contributed by atoms with Crippen LogP contribution >= 0.6 is 15.9 Å². The van der Waals surface area contributed by atoms with E-state index < -0.39 is 24.3 Å². The monoisotopic (exact) mass is 675 g/mol. The Hall–Kier alpha value is -4.51. The molecule has 3 aromatic rings. The van der Waals surface area contributed by atoms with E-state index in [1.807, 2.05) is 83.8 Å². The average molecular weight is 677 g/mol. The number of benzene rings is 3. The highest BCUT2D eigenvalue weighted by molar-refractivity contribution is 9.10. The van der Waals surface area contributed by atoms with Gasteiger partial charge in [0.1, 0.15) is 24.7 Å². The molecule has 234 valence electrons. The highest BCUT2D eigenvalue weighted by Crippen LogP contribution is 2.41. The van der Waals surface area contributed by atoms with Crippen molar-refractivity contribution in [2.45, 2.75) is 43.9 Å². The molecule has 3 aromatic carbocycles. The van der Waals surface area contributed by atoms with Crippen LogP contribution in [-0.2, 0) is 11.3 Å². The minimum atomic E-state index is -1.16. The van der Waals surface area contributed by atoms with E-state index in [2.05, 4.69) is 15.9 Å². The van der Waals surface area contributed by atoms with Gasteiger partial charge in [0.2, 0.25) is 0 Å². The van der Waals surface area contributed by atoms with Crippen LogP contribution in [0.5, 0.6) is 11.5 Å². The first kappa shape index (κ1) is 30.5. The fourth-order valence-corrected chi connectivity index (χ4v) is 6.45. The number of nitrogens with zero attached hydrogens (tertiary/aromatic N) is 3. The number of hydrogen-bond donors (Lipinski definition) is 2. The van der Waals surface area contributed by atoms with Gasteiger partial charge in [-0.05, 0) is 72.4 Å². The van der Waals surface area contributed by atoms with E-state index in [4.69, 9.17) is 9.47 Å². The van der Waals surface area contributed by atoms with Crippen molar-refractivity contribution in [3.05, 3.63) is 100 Å². The molecule has 11 heteroatoms. The molecular formula is C34H34BrN3O7. The number of amides is 3. The maximum atomic E-state index is 14.5.